The van der Waals surface area contributed by atoms with E-state index in [1.165, 1.54) is 13.2 Å². The largest absolute Gasteiger partial charge is 0.497 e. The van der Waals surface area contributed by atoms with Gasteiger partial charge >= 0.3 is 6.61 Å². The average molecular weight is 423 g/mol. The standard InChI is InChI=1S/C21H27F2N3O4/c1-5-24-21(25-12-14-6-8-18(28-3)19(10-14)29-4)26-13-15-11-16(27-2)7-9-17(15)30-20(22)23/h6-11,20H,5,12-13H2,1-4H3,(H2,24,25,26). The molecule has 0 aliphatic carbocycles. The molecule has 0 heterocycles. The fraction of sp³-hybridized carbons (Fsp3) is 0.381. The van der Waals surface area contributed by atoms with Crippen molar-refractivity contribution in [2.45, 2.75) is 26.6 Å². The third-order valence-corrected chi connectivity index (χ3v) is 4.14. The fourth-order valence-corrected chi connectivity index (χ4v) is 2.70. The van der Waals surface area contributed by atoms with Crippen molar-refractivity contribution in [3.8, 4) is 23.0 Å². The van der Waals surface area contributed by atoms with Gasteiger partial charge in [0.15, 0.2) is 17.5 Å². The summed E-state index contributed by atoms with van der Waals surface area (Å²) in [5.41, 5.74) is 1.44. The van der Waals surface area contributed by atoms with E-state index in [1.54, 1.807) is 26.4 Å². The van der Waals surface area contributed by atoms with Crippen molar-refractivity contribution >= 4 is 5.96 Å². The number of ether oxygens (including phenoxy) is 4. The minimum absolute atomic E-state index is 0.0778. The van der Waals surface area contributed by atoms with Gasteiger partial charge in [-0.25, -0.2) is 4.99 Å². The van der Waals surface area contributed by atoms with E-state index in [9.17, 15) is 8.78 Å². The summed E-state index contributed by atoms with van der Waals surface area (Å²) in [6.45, 7) is 0.260. The molecule has 164 valence electrons. The molecular formula is C21H27F2N3O4. The summed E-state index contributed by atoms with van der Waals surface area (Å²) < 4.78 is 45.7. The maximum Gasteiger partial charge on any atom is 0.387 e. The van der Waals surface area contributed by atoms with Crippen LogP contribution in [0.5, 0.6) is 23.0 Å². The molecule has 0 saturated heterocycles. The summed E-state index contributed by atoms with van der Waals surface area (Å²) in [5.74, 6) is 2.40. The molecule has 30 heavy (non-hydrogen) atoms. The zero-order chi connectivity index (χ0) is 21.9. The highest BCUT2D eigenvalue weighted by Gasteiger charge is 2.12. The van der Waals surface area contributed by atoms with Crippen molar-refractivity contribution in [3.63, 3.8) is 0 Å². The highest BCUT2D eigenvalue weighted by atomic mass is 19.3. The fourth-order valence-electron chi connectivity index (χ4n) is 2.70. The Labute approximate surface area is 175 Å². The molecule has 0 radical (unpaired) electrons. The van der Waals surface area contributed by atoms with E-state index in [0.717, 1.165) is 5.56 Å². The number of hydrogen-bond acceptors (Lipinski definition) is 5. The van der Waals surface area contributed by atoms with Crippen LogP contribution in [-0.4, -0.2) is 40.4 Å². The van der Waals surface area contributed by atoms with Gasteiger partial charge in [-0.2, -0.15) is 8.78 Å². The van der Waals surface area contributed by atoms with E-state index in [1.807, 2.05) is 25.1 Å². The van der Waals surface area contributed by atoms with Gasteiger partial charge < -0.3 is 29.6 Å². The minimum Gasteiger partial charge on any atom is -0.497 e. The molecule has 0 fully saturated rings. The Balaban J connectivity index is 2.14. The topological polar surface area (TPSA) is 73.3 Å². The first-order valence-corrected chi connectivity index (χ1v) is 9.35. The summed E-state index contributed by atoms with van der Waals surface area (Å²) >= 11 is 0. The van der Waals surface area contributed by atoms with E-state index in [2.05, 4.69) is 20.4 Å². The average Bonchev–Trinajstić information content (AvgIpc) is 2.75. The van der Waals surface area contributed by atoms with Crippen molar-refractivity contribution in [1.29, 1.82) is 0 Å². The summed E-state index contributed by atoms with van der Waals surface area (Å²) in [4.78, 5) is 4.54. The molecule has 0 aromatic heterocycles. The van der Waals surface area contributed by atoms with Crippen LogP contribution in [0.15, 0.2) is 41.4 Å². The molecule has 0 unspecified atom stereocenters. The number of methoxy groups -OCH3 is 3. The van der Waals surface area contributed by atoms with E-state index in [0.29, 0.717) is 41.9 Å². The smallest absolute Gasteiger partial charge is 0.387 e. The number of nitrogens with one attached hydrogen (secondary N) is 2. The van der Waals surface area contributed by atoms with Crippen LogP contribution in [0.2, 0.25) is 0 Å². The zero-order valence-corrected chi connectivity index (χ0v) is 17.5. The lowest BCUT2D eigenvalue weighted by molar-refractivity contribution is -0.0504. The predicted octanol–water partition coefficient (Wildman–Crippen LogP) is 3.57. The monoisotopic (exact) mass is 423 g/mol. The third-order valence-electron chi connectivity index (χ3n) is 4.14. The van der Waals surface area contributed by atoms with Crippen LogP contribution < -0.4 is 29.6 Å². The Hall–Kier alpha value is -3.23. The van der Waals surface area contributed by atoms with Gasteiger partial charge in [-0.3, -0.25) is 0 Å². The Morgan fingerprint density at radius 3 is 2.30 bits per heavy atom. The summed E-state index contributed by atoms with van der Waals surface area (Å²) in [5, 5.41) is 6.25. The van der Waals surface area contributed by atoms with Crippen LogP contribution >= 0.6 is 0 Å². The number of guanidine groups is 1. The van der Waals surface area contributed by atoms with Crippen LogP contribution in [0.3, 0.4) is 0 Å². The maximum atomic E-state index is 12.7. The Kier molecular flexibility index (Phi) is 8.99. The van der Waals surface area contributed by atoms with E-state index in [4.69, 9.17) is 14.2 Å². The van der Waals surface area contributed by atoms with Gasteiger partial charge in [-0.15, -0.1) is 0 Å². The van der Waals surface area contributed by atoms with Crippen molar-refractivity contribution in [2.75, 3.05) is 27.9 Å². The Morgan fingerprint density at radius 1 is 0.933 bits per heavy atom. The number of nitrogens with zero attached hydrogens (tertiary/aromatic N) is 1. The van der Waals surface area contributed by atoms with Crippen molar-refractivity contribution in [3.05, 3.63) is 47.5 Å². The first-order valence-electron chi connectivity index (χ1n) is 9.35. The summed E-state index contributed by atoms with van der Waals surface area (Å²) in [7, 11) is 4.66. The molecule has 2 rings (SSSR count). The van der Waals surface area contributed by atoms with Gasteiger partial charge in [0.1, 0.15) is 11.5 Å². The summed E-state index contributed by atoms with van der Waals surface area (Å²) in [6, 6.07) is 10.2. The number of halogens is 2. The van der Waals surface area contributed by atoms with Gasteiger partial charge in [-0.05, 0) is 42.8 Å². The number of aliphatic imine (C=N–C) groups is 1. The Bertz CT molecular complexity index is 847. The highest BCUT2D eigenvalue weighted by molar-refractivity contribution is 5.79. The molecule has 2 N–H and O–H groups in total. The minimum atomic E-state index is -2.91. The SMILES string of the molecule is CCNC(=NCc1ccc(OC)c(OC)c1)NCc1cc(OC)ccc1OC(F)F. The molecule has 0 aliphatic rings. The van der Waals surface area contributed by atoms with Gasteiger partial charge in [-0.1, -0.05) is 6.07 Å². The number of rotatable bonds is 10. The van der Waals surface area contributed by atoms with Crippen molar-refractivity contribution in [1.82, 2.24) is 10.6 Å². The Morgan fingerprint density at radius 2 is 1.67 bits per heavy atom. The van der Waals surface area contributed by atoms with Gasteiger partial charge in [0.2, 0.25) is 0 Å². The van der Waals surface area contributed by atoms with Crippen molar-refractivity contribution in [2.24, 2.45) is 4.99 Å². The highest BCUT2D eigenvalue weighted by Crippen LogP contribution is 2.28. The molecule has 0 atom stereocenters. The second kappa shape index (κ2) is 11.7. The lowest BCUT2D eigenvalue weighted by atomic mass is 10.2. The first-order chi connectivity index (χ1) is 14.5. The molecule has 0 amide bonds. The van der Waals surface area contributed by atoms with Gasteiger partial charge in [0.05, 0.1) is 27.9 Å². The molecular weight excluding hydrogens is 396 g/mol. The van der Waals surface area contributed by atoms with Gasteiger partial charge in [0.25, 0.3) is 0 Å². The first kappa shape index (κ1) is 23.1. The molecule has 0 spiro atoms. The van der Waals surface area contributed by atoms with Crippen LogP contribution in [-0.2, 0) is 13.1 Å². The molecule has 7 nitrogen and oxygen atoms in total. The normalized spacial score (nSPS) is 11.2. The maximum absolute atomic E-state index is 12.7. The van der Waals surface area contributed by atoms with E-state index < -0.39 is 6.61 Å². The number of alkyl halides is 2. The second-order valence-corrected chi connectivity index (χ2v) is 6.09. The number of hydrogen-bond donors (Lipinski definition) is 2. The van der Waals surface area contributed by atoms with E-state index in [-0.39, 0.29) is 12.3 Å². The van der Waals surface area contributed by atoms with Crippen LogP contribution in [0.4, 0.5) is 8.78 Å². The second-order valence-electron chi connectivity index (χ2n) is 6.09. The molecule has 9 heteroatoms. The molecule has 0 saturated carbocycles. The predicted molar refractivity (Wildman–Crippen MR) is 111 cm³/mol. The van der Waals surface area contributed by atoms with Gasteiger partial charge in [0, 0.05) is 18.7 Å². The molecule has 2 aromatic rings. The van der Waals surface area contributed by atoms with Crippen LogP contribution in [0, 0.1) is 0 Å². The number of benzene rings is 2. The van der Waals surface area contributed by atoms with Crippen molar-refractivity contribution < 1.29 is 27.7 Å². The van der Waals surface area contributed by atoms with Crippen LogP contribution in [0.25, 0.3) is 0 Å². The quantitative estimate of drug-likeness (QED) is 0.450. The lowest BCUT2D eigenvalue weighted by Crippen LogP contribution is -2.36. The molecule has 2 aromatic carbocycles. The molecule has 0 aliphatic heterocycles. The molecule has 0 bridgehead atoms. The van der Waals surface area contributed by atoms with E-state index >= 15 is 0 Å². The van der Waals surface area contributed by atoms with Crippen LogP contribution in [0.1, 0.15) is 18.1 Å². The third kappa shape index (κ3) is 6.68. The summed E-state index contributed by atoms with van der Waals surface area (Å²) in [6.07, 6.45) is 0. The zero-order valence-electron chi connectivity index (χ0n) is 17.5. The lowest BCUT2D eigenvalue weighted by Gasteiger charge is -2.15.